The van der Waals surface area contributed by atoms with E-state index in [0.29, 0.717) is 5.56 Å². The molecule has 0 fully saturated rings. The van der Waals surface area contributed by atoms with Crippen molar-refractivity contribution in [2.24, 2.45) is 5.10 Å². The Balaban J connectivity index is 1.85. The fourth-order valence-electron chi connectivity index (χ4n) is 1.84. The number of hydrogen-bond donors (Lipinski definition) is 1. The maximum atomic E-state index is 11.9. The summed E-state index contributed by atoms with van der Waals surface area (Å²) in [5, 5.41) is 4.14. The van der Waals surface area contributed by atoms with Crippen LogP contribution in [0.3, 0.4) is 0 Å². The summed E-state index contributed by atoms with van der Waals surface area (Å²) in [6.07, 6.45) is 1.74. The molecule has 0 aliphatic heterocycles. The van der Waals surface area contributed by atoms with E-state index in [4.69, 9.17) is 0 Å². The van der Waals surface area contributed by atoms with Gasteiger partial charge >= 0.3 is 0 Å². The summed E-state index contributed by atoms with van der Waals surface area (Å²) in [4.78, 5) is 11.9. The monoisotopic (exact) mass is 344 g/mol. The number of benzene rings is 2. The molecule has 3 nitrogen and oxygen atoms in total. The quantitative estimate of drug-likeness (QED) is 0.641. The van der Waals surface area contributed by atoms with Crippen molar-refractivity contribution in [3.05, 3.63) is 70.2 Å². The van der Waals surface area contributed by atoms with E-state index in [0.717, 1.165) is 23.0 Å². The molecule has 0 unspecified atom stereocenters. The number of amides is 1. The Morgan fingerprint density at radius 2 is 1.76 bits per heavy atom. The molecule has 0 spiro atoms. The van der Waals surface area contributed by atoms with Gasteiger partial charge in [0.1, 0.15) is 0 Å². The first-order valence-corrected chi connectivity index (χ1v) is 7.57. The molecule has 0 saturated heterocycles. The van der Waals surface area contributed by atoms with Gasteiger partial charge in [-0.1, -0.05) is 46.3 Å². The highest BCUT2D eigenvalue weighted by Crippen LogP contribution is 2.10. The Bertz CT molecular complexity index is 621. The van der Waals surface area contributed by atoms with Gasteiger partial charge in [0.05, 0.1) is 0 Å². The normalized spacial score (nSPS) is 11.2. The first kappa shape index (κ1) is 15.4. The smallest absolute Gasteiger partial charge is 0.267 e. The van der Waals surface area contributed by atoms with E-state index >= 15 is 0 Å². The molecule has 0 radical (unpaired) electrons. The summed E-state index contributed by atoms with van der Waals surface area (Å²) in [6.45, 7) is 1.92. The van der Waals surface area contributed by atoms with E-state index in [1.54, 1.807) is 12.1 Å². The Labute approximate surface area is 133 Å². The summed E-state index contributed by atoms with van der Waals surface area (Å²) in [7, 11) is 0. The van der Waals surface area contributed by atoms with Gasteiger partial charge in [0, 0.05) is 15.7 Å². The van der Waals surface area contributed by atoms with E-state index in [2.05, 4.69) is 38.6 Å². The van der Waals surface area contributed by atoms with Crippen LogP contribution in [0.15, 0.2) is 64.2 Å². The minimum atomic E-state index is -0.193. The van der Waals surface area contributed by atoms with Gasteiger partial charge in [-0.2, -0.15) is 5.10 Å². The second-order valence-corrected chi connectivity index (χ2v) is 5.70. The van der Waals surface area contributed by atoms with Crippen LogP contribution in [0.25, 0.3) is 0 Å². The molecule has 1 amide bonds. The van der Waals surface area contributed by atoms with Crippen LogP contribution in [0.4, 0.5) is 0 Å². The maximum absolute atomic E-state index is 11.9. The maximum Gasteiger partial charge on any atom is 0.271 e. The molecule has 2 aromatic rings. The minimum Gasteiger partial charge on any atom is -0.267 e. The number of carbonyl (C=O) groups is 1. The number of hydrazone groups is 1. The molecule has 0 aliphatic rings. The van der Waals surface area contributed by atoms with Gasteiger partial charge in [-0.15, -0.1) is 0 Å². The number of nitrogens with zero attached hydrogens (tertiary/aromatic N) is 1. The molecule has 2 rings (SSSR count). The van der Waals surface area contributed by atoms with E-state index in [1.807, 2.05) is 37.3 Å². The summed E-state index contributed by atoms with van der Waals surface area (Å²) in [5.41, 5.74) is 5.36. The standard InChI is InChI=1S/C17H17BrN2O/c1-13(7-8-14-5-3-2-4-6-14)19-20-17(21)15-9-11-16(18)12-10-15/h2-6,9-12H,7-8H2,1H3,(H,20,21)/b19-13+. The van der Waals surface area contributed by atoms with Gasteiger partial charge in [-0.05, 0) is 49.6 Å². The van der Waals surface area contributed by atoms with Crippen LogP contribution >= 0.6 is 15.9 Å². The predicted molar refractivity (Wildman–Crippen MR) is 89.5 cm³/mol. The SMILES string of the molecule is C/C(CCc1ccccc1)=N\NC(=O)c1ccc(Br)cc1. The molecule has 2 aromatic carbocycles. The van der Waals surface area contributed by atoms with Crippen molar-refractivity contribution in [2.75, 3.05) is 0 Å². The summed E-state index contributed by atoms with van der Waals surface area (Å²) in [6, 6.07) is 17.4. The van der Waals surface area contributed by atoms with E-state index in [-0.39, 0.29) is 5.91 Å². The summed E-state index contributed by atoms with van der Waals surface area (Å²) < 4.78 is 0.946. The van der Waals surface area contributed by atoms with Gasteiger partial charge in [0.25, 0.3) is 5.91 Å². The minimum absolute atomic E-state index is 0.193. The van der Waals surface area contributed by atoms with Crippen molar-refractivity contribution >= 4 is 27.5 Å². The summed E-state index contributed by atoms with van der Waals surface area (Å²) >= 11 is 3.34. The van der Waals surface area contributed by atoms with Crippen LogP contribution in [-0.4, -0.2) is 11.6 Å². The molecular formula is C17H17BrN2O. The lowest BCUT2D eigenvalue weighted by atomic mass is 10.1. The van der Waals surface area contributed by atoms with Crippen LogP contribution in [0.2, 0.25) is 0 Å². The van der Waals surface area contributed by atoms with Gasteiger partial charge in [-0.25, -0.2) is 5.43 Å². The highest BCUT2D eigenvalue weighted by Gasteiger charge is 2.04. The Morgan fingerprint density at radius 3 is 2.43 bits per heavy atom. The average Bonchev–Trinajstić information content (AvgIpc) is 2.52. The van der Waals surface area contributed by atoms with Crippen molar-refractivity contribution in [1.82, 2.24) is 5.43 Å². The Hall–Kier alpha value is -1.94. The van der Waals surface area contributed by atoms with Crippen molar-refractivity contribution in [3.8, 4) is 0 Å². The van der Waals surface area contributed by atoms with Crippen molar-refractivity contribution in [2.45, 2.75) is 19.8 Å². The van der Waals surface area contributed by atoms with Crippen LogP contribution in [0.1, 0.15) is 29.3 Å². The second kappa shape index (κ2) is 7.74. The van der Waals surface area contributed by atoms with Gasteiger partial charge in [0.2, 0.25) is 0 Å². The second-order valence-electron chi connectivity index (χ2n) is 4.78. The number of aryl methyl sites for hydroxylation is 1. The lowest BCUT2D eigenvalue weighted by molar-refractivity contribution is 0.0954. The zero-order valence-electron chi connectivity index (χ0n) is 11.8. The third-order valence-corrected chi connectivity index (χ3v) is 3.60. The van der Waals surface area contributed by atoms with Crippen molar-refractivity contribution in [3.63, 3.8) is 0 Å². The number of carbonyl (C=O) groups excluding carboxylic acids is 1. The molecule has 1 N–H and O–H groups in total. The van der Waals surface area contributed by atoms with Crippen LogP contribution in [-0.2, 0) is 6.42 Å². The number of rotatable bonds is 5. The number of hydrogen-bond acceptors (Lipinski definition) is 2. The van der Waals surface area contributed by atoms with Gasteiger partial charge in [-0.3, -0.25) is 4.79 Å². The van der Waals surface area contributed by atoms with Crippen LogP contribution in [0.5, 0.6) is 0 Å². The van der Waals surface area contributed by atoms with E-state index in [1.165, 1.54) is 5.56 Å². The first-order chi connectivity index (χ1) is 10.1. The highest BCUT2D eigenvalue weighted by molar-refractivity contribution is 9.10. The van der Waals surface area contributed by atoms with E-state index in [9.17, 15) is 4.79 Å². The molecular weight excluding hydrogens is 328 g/mol. The molecule has 0 saturated carbocycles. The lowest BCUT2D eigenvalue weighted by Gasteiger charge is -2.03. The fourth-order valence-corrected chi connectivity index (χ4v) is 2.10. The average molecular weight is 345 g/mol. The number of nitrogens with one attached hydrogen (secondary N) is 1. The number of halogens is 1. The van der Waals surface area contributed by atoms with Crippen molar-refractivity contribution in [1.29, 1.82) is 0 Å². The Kier molecular flexibility index (Phi) is 5.69. The molecule has 0 atom stereocenters. The molecule has 0 aliphatic carbocycles. The van der Waals surface area contributed by atoms with Crippen LogP contribution in [0, 0.1) is 0 Å². The molecule has 108 valence electrons. The largest absolute Gasteiger partial charge is 0.271 e. The third-order valence-electron chi connectivity index (χ3n) is 3.07. The molecule has 0 bridgehead atoms. The predicted octanol–water partition coefficient (Wildman–Crippen LogP) is 4.19. The molecule has 0 heterocycles. The molecule has 0 aromatic heterocycles. The Morgan fingerprint density at radius 1 is 1.10 bits per heavy atom. The highest BCUT2D eigenvalue weighted by atomic mass is 79.9. The van der Waals surface area contributed by atoms with E-state index < -0.39 is 0 Å². The summed E-state index contributed by atoms with van der Waals surface area (Å²) in [5.74, 6) is -0.193. The molecule has 21 heavy (non-hydrogen) atoms. The lowest BCUT2D eigenvalue weighted by Crippen LogP contribution is -2.19. The van der Waals surface area contributed by atoms with Gasteiger partial charge in [0.15, 0.2) is 0 Å². The topological polar surface area (TPSA) is 41.5 Å². The molecule has 4 heteroatoms. The zero-order valence-corrected chi connectivity index (χ0v) is 13.4. The third kappa shape index (κ3) is 5.16. The zero-order chi connectivity index (χ0) is 15.1. The van der Waals surface area contributed by atoms with Gasteiger partial charge < -0.3 is 0 Å². The van der Waals surface area contributed by atoms with Crippen molar-refractivity contribution < 1.29 is 4.79 Å². The fraction of sp³-hybridized carbons (Fsp3) is 0.176. The first-order valence-electron chi connectivity index (χ1n) is 6.78. The van der Waals surface area contributed by atoms with Crippen LogP contribution < -0.4 is 5.43 Å².